The van der Waals surface area contributed by atoms with Gasteiger partial charge in [-0.3, -0.25) is 0 Å². The molecule has 0 bridgehead atoms. The van der Waals surface area contributed by atoms with E-state index in [1.165, 1.54) is 0 Å². The van der Waals surface area contributed by atoms with Crippen molar-refractivity contribution in [3.05, 3.63) is 0 Å². The first kappa shape index (κ1) is 15.1. The monoisotopic (exact) mass is 243 g/mol. The van der Waals surface area contributed by atoms with E-state index in [0.717, 1.165) is 5.75 Å². The zero-order chi connectivity index (χ0) is 12.1. The first-order valence-corrected chi connectivity index (χ1v) is 6.03. The Morgan fingerprint density at radius 1 is 1.20 bits per heavy atom. The third kappa shape index (κ3) is 12.0. The van der Waals surface area contributed by atoms with Crippen molar-refractivity contribution in [1.29, 1.82) is 0 Å². The van der Waals surface area contributed by atoms with Crippen LogP contribution < -0.4 is 5.32 Å². The standard InChI is InChI=1S/C10H20F3NS/c1-8(7-15-9(2,3)4)14-6-5-10(11,12)13/h8,14H,5-7H2,1-4H3. The second-order valence-corrected chi connectivity index (χ2v) is 6.49. The molecular weight excluding hydrogens is 223 g/mol. The molecule has 0 rings (SSSR count). The minimum atomic E-state index is -4.05. The van der Waals surface area contributed by atoms with E-state index in [4.69, 9.17) is 0 Å². The molecule has 0 aromatic heterocycles. The van der Waals surface area contributed by atoms with Gasteiger partial charge in [-0.2, -0.15) is 24.9 Å². The van der Waals surface area contributed by atoms with Crippen LogP contribution in [0, 0.1) is 0 Å². The first-order chi connectivity index (χ1) is 6.60. The quantitative estimate of drug-likeness (QED) is 0.793. The summed E-state index contributed by atoms with van der Waals surface area (Å²) in [6, 6.07) is 0.122. The molecule has 0 spiro atoms. The zero-order valence-corrected chi connectivity index (χ0v) is 10.6. The number of thioether (sulfide) groups is 1. The summed E-state index contributed by atoms with van der Waals surface area (Å²) in [5.41, 5.74) is 0. The van der Waals surface area contributed by atoms with E-state index in [1.54, 1.807) is 11.8 Å². The third-order valence-corrected chi connectivity index (χ3v) is 3.20. The molecule has 15 heavy (non-hydrogen) atoms. The molecule has 92 valence electrons. The van der Waals surface area contributed by atoms with Gasteiger partial charge in [-0.05, 0) is 6.92 Å². The van der Waals surface area contributed by atoms with Crippen molar-refractivity contribution >= 4 is 11.8 Å². The predicted molar refractivity (Wildman–Crippen MR) is 60.3 cm³/mol. The maximum Gasteiger partial charge on any atom is 0.390 e. The topological polar surface area (TPSA) is 12.0 Å². The van der Waals surface area contributed by atoms with E-state index < -0.39 is 12.6 Å². The normalized spacial score (nSPS) is 15.4. The van der Waals surface area contributed by atoms with Crippen LogP contribution in [0.25, 0.3) is 0 Å². The lowest BCUT2D eigenvalue weighted by atomic mass is 10.3. The summed E-state index contributed by atoms with van der Waals surface area (Å²) in [4.78, 5) is 0. The molecule has 0 radical (unpaired) electrons. The first-order valence-electron chi connectivity index (χ1n) is 5.04. The highest BCUT2D eigenvalue weighted by atomic mass is 32.2. The molecule has 0 aromatic carbocycles. The second-order valence-electron chi connectivity index (χ2n) is 4.64. The molecule has 0 fully saturated rings. The smallest absolute Gasteiger partial charge is 0.313 e. The van der Waals surface area contributed by atoms with Gasteiger partial charge in [-0.15, -0.1) is 0 Å². The van der Waals surface area contributed by atoms with E-state index in [1.807, 2.05) is 6.92 Å². The van der Waals surface area contributed by atoms with Gasteiger partial charge < -0.3 is 5.32 Å². The number of nitrogens with one attached hydrogen (secondary N) is 1. The van der Waals surface area contributed by atoms with Crippen LogP contribution in [0.15, 0.2) is 0 Å². The Morgan fingerprint density at radius 2 is 1.73 bits per heavy atom. The molecule has 5 heteroatoms. The SMILES string of the molecule is CC(CSC(C)(C)C)NCCC(F)(F)F. The summed E-state index contributed by atoms with van der Waals surface area (Å²) in [5, 5.41) is 2.87. The fourth-order valence-corrected chi connectivity index (χ4v) is 1.76. The molecule has 0 aliphatic carbocycles. The summed E-state index contributed by atoms with van der Waals surface area (Å²) in [6.45, 7) is 8.21. The van der Waals surface area contributed by atoms with Crippen molar-refractivity contribution in [2.24, 2.45) is 0 Å². The Hall–Kier alpha value is 0.100. The van der Waals surface area contributed by atoms with Gasteiger partial charge >= 0.3 is 6.18 Å². The largest absolute Gasteiger partial charge is 0.390 e. The molecule has 0 amide bonds. The summed E-state index contributed by atoms with van der Waals surface area (Å²) < 4.78 is 35.7. The molecule has 0 heterocycles. The average molecular weight is 243 g/mol. The number of halogens is 3. The molecule has 0 saturated heterocycles. The van der Waals surface area contributed by atoms with Gasteiger partial charge in [0, 0.05) is 23.1 Å². The second kappa shape index (κ2) is 5.99. The predicted octanol–water partition coefficient (Wildman–Crippen LogP) is 3.45. The molecule has 0 aliphatic rings. The maximum absolute atomic E-state index is 11.8. The highest BCUT2D eigenvalue weighted by Crippen LogP contribution is 2.23. The van der Waals surface area contributed by atoms with E-state index in [2.05, 4.69) is 26.1 Å². The molecule has 1 unspecified atom stereocenters. The number of rotatable bonds is 5. The fourth-order valence-electron chi connectivity index (χ4n) is 0.894. The minimum absolute atomic E-state index is 0.00930. The fraction of sp³-hybridized carbons (Fsp3) is 1.00. The summed E-state index contributed by atoms with van der Waals surface area (Å²) in [6.07, 6.45) is -4.80. The van der Waals surface area contributed by atoms with Crippen molar-refractivity contribution < 1.29 is 13.2 Å². The van der Waals surface area contributed by atoms with Gasteiger partial charge in [0.25, 0.3) is 0 Å². The Morgan fingerprint density at radius 3 is 2.13 bits per heavy atom. The lowest BCUT2D eigenvalue weighted by Crippen LogP contribution is -2.32. The number of hydrogen-bond acceptors (Lipinski definition) is 2. The van der Waals surface area contributed by atoms with Crippen LogP contribution in [0.3, 0.4) is 0 Å². The molecule has 0 saturated carbocycles. The van der Waals surface area contributed by atoms with Crippen LogP contribution in [0.4, 0.5) is 13.2 Å². The van der Waals surface area contributed by atoms with Crippen molar-refractivity contribution in [3.8, 4) is 0 Å². The molecular formula is C10H20F3NS. The maximum atomic E-state index is 11.8. The minimum Gasteiger partial charge on any atom is -0.313 e. The van der Waals surface area contributed by atoms with Gasteiger partial charge in [0.15, 0.2) is 0 Å². The Kier molecular flexibility index (Phi) is 6.03. The number of alkyl halides is 3. The molecule has 0 aliphatic heterocycles. The molecule has 0 aromatic rings. The van der Waals surface area contributed by atoms with Crippen molar-refractivity contribution in [3.63, 3.8) is 0 Å². The van der Waals surface area contributed by atoms with Gasteiger partial charge in [-0.25, -0.2) is 0 Å². The van der Waals surface area contributed by atoms with Crippen LogP contribution in [-0.4, -0.2) is 29.3 Å². The summed E-state index contributed by atoms with van der Waals surface area (Å²) in [5.74, 6) is 0.835. The highest BCUT2D eigenvalue weighted by Gasteiger charge is 2.26. The van der Waals surface area contributed by atoms with E-state index in [0.29, 0.717) is 0 Å². The zero-order valence-electron chi connectivity index (χ0n) is 9.74. The highest BCUT2D eigenvalue weighted by molar-refractivity contribution is 8.00. The molecule has 1 nitrogen and oxygen atoms in total. The third-order valence-electron chi connectivity index (χ3n) is 1.67. The van der Waals surface area contributed by atoms with E-state index >= 15 is 0 Å². The van der Waals surface area contributed by atoms with Gasteiger partial charge in [0.2, 0.25) is 0 Å². The lowest BCUT2D eigenvalue weighted by molar-refractivity contribution is -0.133. The van der Waals surface area contributed by atoms with Crippen LogP contribution in [-0.2, 0) is 0 Å². The Labute approximate surface area is 94.2 Å². The van der Waals surface area contributed by atoms with Crippen molar-refractivity contribution in [2.45, 2.75) is 51.1 Å². The van der Waals surface area contributed by atoms with Gasteiger partial charge in [0.1, 0.15) is 0 Å². The lowest BCUT2D eigenvalue weighted by Gasteiger charge is -2.21. The van der Waals surface area contributed by atoms with Gasteiger partial charge in [0.05, 0.1) is 6.42 Å². The van der Waals surface area contributed by atoms with Gasteiger partial charge in [-0.1, -0.05) is 20.8 Å². The Bertz CT molecular complexity index is 174. The Balaban J connectivity index is 3.54. The van der Waals surface area contributed by atoms with Crippen molar-refractivity contribution in [1.82, 2.24) is 5.32 Å². The van der Waals surface area contributed by atoms with E-state index in [-0.39, 0.29) is 17.3 Å². The average Bonchev–Trinajstić information content (AvgIpc) is 1.97. The van der Waals surface area contributed by atoms with Crippen LogP contribution >= 0.6 is 11.8 Å². The molecule has 1 N–H and O–H groups in total. The summed E-state index contributed by atoms with van der Waals surface area (Å²) >= 11 is 1.76. The summed E-state index contributed by atoms with van der Waals surface area (Å²) in [7, 11) is 0. The van der Waals surface area contributed by atoms with Crippen molar-refractivity contribution in [2.75, 3.05) is 12.3 Å². The van der Waals surface area contributed by atoms with Crippen LogP contribution in [0.1, 0.15) is 34.1 Å². The van der Waals surface area contributed by atoms with Crippen LogP contribution in [0.2, 0.25) is 0 Å². The molecule has 1 atom stereocenters. The number of hydrogen-bond donors (Lipinski definition) is 1. The van der Waals surface area contributed by atoms with Crippen LogP contribution in [0.5, 0.6) is 0 Å². The van der Waals surface area contributed by atoms with E-state index in [9.17, 15) is 13.2 Å².